The fourth-order valence-corrected chi connectivity index (χ4v) is 1.40. The lowest BCUT2D eigenvalue weighted by Crippen LogP contribution is -2.38. The van der Waals surface area contributed by atoms with Gasteiger partial charge in [-0.1, -0.05) is 5.16 Å². The van der Waals surface area contributed by atoms with Gasteiger partial charge < -0.3 is 15.8 Å². The Balaban J connectivity index is 4.11. The molecule has 0 aliphatic heterocycles. The first-order valence-electron chi connectivity index (χ1n) is 4.24. The molecule has 1 unspecified atom stereocenters. The highest BCUT2D eigenvalue weighted by Crippen LogP contribution is 2.04. The number of rotatable bonds is 5. The Bertz CT molecular complexity index is 221. The highest BCUT2D eigenvalue weighted by Gasteiger charge is 2.16. The number of amides is 1. The topological polar surface area (TPSA) is 78.9 Å². The fourth-order valence-electron chi connectivity index (χ4n) is 0.952. The summed E-state index contributed by atoms with van der Waals surface area (Å²) in [6.07, 6.45) is 2.26. The van der Waals surface area contributed by atoms with Crippen molar-refractivity contribution in [2.45, 2.75) is 19.4 Å². The van der Waals surface area contributed by atoms with Crippen molar-refractivity contribution < 1.29 is 10.0 Å². The molecule has 3 N–H and O–H groups in total. The third-order valence-electron chi connectivity index (χ3n) is 1.96. The van der Waals surface area contributed by atoms with Crippen LogP contribution in [-0.4, -0.2) is 46.9 Å². The van der Waals surface area contributed by atoms with Gasteiger partial charge >= 0.3 is 0 Å². The standard InChI is InChI=1S/C8H17N3O2S/c1-6(4-7(9)10-13)11(2)8(12)5-14-3/h6,13H,4-5H2,1-3H3,(H2,9,10). The van der Waals surface area contributed by atoms with E-state index < -0.39 is 0 Å². The SMILES string of the molecule is CSCC(=O)N(C)C(C)CC(N)=NO. The van der Waals surface area contributed by atoms with Gasteiger partial charge in [-0.2, -0.15) is 11.8 Å². The minimum absolute atomic E-state index is 0.0504. The number of nitrogens with two attached hydrogens (primary N) is 1. The lowest BCUT2D eigenvalue weighted by molar-refractivity contribution is -0.128. The van der Waals surface area contributed by atoms with Crippen LogP contribution >= 0.6 is 11.8 Å². The van der Waals surface area contributed by atoms with E-state index in [1.165, 1.54) is 11.8 Å². The van der Waals surface area contributed by atoms with E-state index in [1.54, 1.807) is 11.9 Å². The number of oxime groups is 1. The summed E-state index contributed by atoms with van der Waals surface area (Å²) < 4.78 is 0. The van der Waals surface area contributed by atoms with Gasteiger partial charge in [-0.25, -0.2) is 0 Å². The molecular weight excluding hydrogens is 202 g/mol. The zero-order valence-corrected chi connectivity index (χ0v) is 9.54. The van der Waals surface area contributed by atoms with Crippen molar-refractivity contribution in [1.29, 1.82) is 0 Å². The summed E-state index contributed by atoms with van der Waals surface area (Å²) >= 11 is 1.48. The normalized spacial score (nSPS) is 13.8. The third-order valence-corrected chi connectivity index (χ3v) is 2.49. The average molecular weight is 219 g/mol. The number of carbonyl (C=O) groups is 1. The van der Waals surface area contributed by atoms with Crippen LogP contribution in [0.2, 0.25) is 0 Å². The molecule has 0 rings (SSSR count). The maximum absolute atomic E-state index is 11.4. The molecule has 0 spiro atoms. The second-order valence-electron chi connectivity index (χ2n) is 3.08. The summed E-state index contributed by atoms with van der Waals surface area (Å²) in [5.74, 6) is 0.647. The van der Waals surface area contributed by atoms with E-state index in [1.807, 2.05) is 13.2 Å². The van der Waals surface area contributed by atoms with Gasteiger partial charge in [0.1, 0.15) is 5.84 Å². The Labute approximate surface area is 88.3 Å². The number of hydrogen-bond acceptors (Lipinski definition) is 4. The first kappa shape index (κ1) is 13.1. The van der Waals surface area contributed by atoms with Gasteiger partial charge in [-0.3, -0.25) is 4.79 Å². The molecule has 0 radical (unpaired) electrons. The monoisotopic (exact) mass is 219 g/mol. The molecule has 1 amide bonds. The van der Waals surface area contributed by atoms with E-state index in [9.17, 15) is 4.79 Å². The van der Waals surface area contributed by atoms with E-state index >= 15 is 0 Å². The lowest BCUT2D eigenvalue weighted by atomic mass is 10.2. The molecule has 14 heavy (non-hydrogen) atoms. The molecule has 0 bridgehead atoms. The Morgan fingerprint density at radius 3 is 2.71 bits per heavy atom. The van der Waals surface area contributed by atoms with E-state index in [2.05, 4.69) is 5.16 Å². The second-order valence-corrected chi connectivity index (χ2v) is 3.95. The van der Waals surface area contributed by atoms with Crippen molar-refractivity contribution in [3.63, 3.8) is 0 Å². The van der Waals surface area contributed by atoms with Gasteiger partial charge in [0.15, 0.2) is 0 Å². The van der Waals surface area contributed by atoms with Gasteiger partial charge in [0, 0.05) is 19.5 Å². The Kier molecular flexibility index (Phi) is 6.11. The summed E-state index contributed by atoms with van der Waals surface area (Å²) in [7, 11) is 1.72. The van der Waals surface area contributed by atoms with Crippen molar-refractivity contribution >= 4 is 23.5 Å². The van der Waals surface area contributed by atoms with Crippen LogP contribution in [0.15, 0.2) is 5.16 Å². The highest BCUT2D eigenvalue weighted by atomic mass is 32.2. The van der Waals surface area contributed by atoms with Crippen molar-refractivity contribution in [1.82, 2.24) is 4.90 Å². The average Bonchev–Trinajstić information content (AvgIpc) is 2.16. The molecule has 0 aliphatic rings. The smallest absolute Gasteiger partial charge is 0.232 e. The molecule has 0 aromatic carbocycles. The van der Waals surface area contributed by atoms with Crippen LogP contribution in [0.1, 0.15) is 13.3 Å². The Hall–Kier alpha value is -0.910. The largest absolute Gasteiger partial charge is 0.409 e. The van der Waals surface area contributed by atoms with Gasteiger partial charge in [-0.05, 0) is 13.2 Å². The van der Waals surface area contributed by atoms with Gasteiger partial charge in [0.2, 0.25) is 5.91 Å². The number of thioether (sulfide) groups is 1. The first-order valence-corrected chi connectivity index (χ1v) is 5.63. The third kappa shape index (κ3) is 4.36. The summed E-state index contributed by atoms with van der Waals surface area (Å²) in [4.78, 5) is 13.0. The Morgan fingerprint density at radius 1 is 1.71 bits per heavy atom. The number of hydrogen-bond donors (Lipinski definition) is 2. The van der Waals surface area contributed by atoms with Gasteiger partial charge in [-0.15, -0.1) is 0 Å². The zero-order valence-electron chi connectivity index (χ0n) is 8.73. The maximum Gasteiger partial charge on any atom is 0.232 e. The van der Waals surface area contributed by atoms with Crippen LogP contribution in [0, 0.1) is 0 Å². The van der Waals surface area contributed by atoms with E-state index in [0.29, 0.717) is 12.2 Å². The predicted molar refractivity (Wildman–Crippen MR) is 58.6 cm³/mol. The lowest BCUT2D eigenvalue weighted by Gasteiger charge is -2.24. The van der Waals surface area contributed by atoms with E-state index in [0.717, 1.165) is 0 Å². The first-order chi connectivity index (χ1) is 6.52. The van der Waals surface area contributed by atoms with E-state index in [4.69, 9.17) is 10.9 Å². The van der Waals surface area contributed by atoms with Gasteiger partial charge in [0.05, 0.1) is 5.75 Å². The quantitative estimate of drug-likeness (QED) is 0.302. The van der Waals surface area contributed by atoms with Crippen molar-refractivity contribution in [2.75, 3.05) is 19.1 Å². The van der Waals surface area contributed by atoms with Crippen molar-refractivity contribution in [3.8, 4) is 0 Å². The molecule has 6 heteroatoms. The predicted octanol–water partition coefficient (Wildman–Crippen LogP) is 0.333. The summed E-state index contributed by atoms with van der Waals surface area (Å²) in [5.41, 5.74) is 5.34. The molecule has 0 aromatic heterocycles. The summed E-state index contributed by atoms with van der Waals surface area (Å²) in [6, 6.07) is -0.0504. The van der Waals surface area contributed by atoms with Crippen LogP contribution in [0.3, 0.4) is 0 Å². The molecule has 82 valence electrons. The van der Waals surface area contributed by atoms with Crippen LogP contribution < -0.4 is 5.73 Å². The molecule has 0 fully saturated rings. The minimum Gasteiger partial charge on any atom is -0.409 e. The Morgan fingerprint density at radius 2 is 2.29 bits per heavy atom. The number of carbonyl (C=O) groups excluding carboxylic acids is 1. The zero-order chi connectivity index (χ0) is 11.1. The summed E-state index contributed by atoms with van der Waals surface area (Å²) in [6.45, 7) is 1.86. The van der Waals surface area contributed by atoms with Crippen LogP contribution in [0.4, 0.5) is 0 Å². The molecule has 0 heterocycles. The molecule has 0 saturated heterocycles. The molecule has 1 atom stereocenters. The maximum atomic E-state index is 11.4. The second kappa shape index (κ2) is 6.53. The molecule has 5 nitrogen and oxygen atoms in total. The van der Waals surface area contributed by atoms with Crippen molar-refractivity contribution in [3.05, 3.63) is 0 Å². The molecular formula is C8H17N3O2S. The van der Waals surface area contributed by atoms with Crippen LogP contribution in [0.5, 0.6) is 0 Å². The number of nitrogens with zero attached hydrogens (tertiary/aromatic N) is 2. The summed E-state index contributed by atoms with van der Waals surface area (Å²) in [5, 5.41) is 11.2. The molecule has 0 aliphatic carbocycles. The van der Waals surface area contributed by atoms with E-state index in [-0.39, 0.29) is 17.8 Å². The van der Waals surface area contributed by atoms with Crippen LogP contribution in [-0.2, 0) is 4.79 Å². The fraction of sp³-hybridized carbons (Fsp3) is 0.750. The highest BCUT2D eigenvalue weighted by molar-refractivity contribution is 7.99. The van der Waals surface area contributed by atoms with Gasteiger partial charge in [0.25, 0.3) is 0 Å². The van der Waals surface area contributed by atoms with Crippen molar-refractivity contribution in [2.24, 2.45) is 10.9 Å². The minimum atomic E-state index is -0.0504. The molecule has 0 aromatic rings. The number of amidine groups is 1. The van der Waals surface area contributed by atoms with Crippen LogP contribution in [0.25, 0.3) is 0 Å². The molecule has 0 saturated carbocycles.